The van der Waals surface area contributed by atoms with E-state index in [-0.39, 0.29) is 24.0 Å². The number of H-pyrrole nitrogens is 2. The fraction of sp³-hybridized carbons (Fsp3) is 0.529. The molecule has 1 fully saturated rings. The number of halogens is 1. The van der Waals surface area contributed by atoms with Crippen LogP contribution in [0.4, 0.5) is 0 Å². The van der Waals surface area contributed by atoms with E-state index in [0.29, 0.717) is 12.3 Å². The molecule has 3 rings (SSSR count). The van der Waals surface area contributed by atoms with Crippen LogP contribution < -0.4 is 16.3 Å². The highest BCUT2D eigenvalue weighted by Crippen LogP contribution is 2.13. The Morgan fingerprint density at radius 3 is 2.88 bits per heavy atom. The van der Waals surface area contributed by atoms with E-state index in [1.165, 1.54) is 6.42 Å². The van der Waals surface area contributed by atoms with Crippen LogP contribution in [0.3, 0.4) is 0 Å². The highest BCUT2D eigenvalue weighted by molar-refractivity contribution is 5.85. The first-order valence-electron chi connectivity index (χ1n) is 8.39. The van der Waals surface area contributed by atoms with Crippen molar-refractivity contribution in [3.63, 3.8) is 0 Å². The van der Waals surface area contributed by atoms with Gasteiger partial charge < -0.3 is 20.6 Å². The largest absolute Gasteiger partial charge is 0.356 e. The van der Waals surface area contributed by atoms with Gasteiger partial charge in [0.1, 0.15) is 0 Å². The van der Waals surface area contributed by atoms with Gasteiger partial charge in [-0.1, -0.05) is 6.07 Å². The van der Waals surface area contributed by atoms with Crippen LogP contribution in [0.1, 0.15) is 31.2 Å². The van der Waals surface area contributed by atoms with Crippen molar-refractivity contribution >= 4 is 29.3 Å². The molecule has 6 nitrogen and oxygen atoms in total. The first-order valence-corrected chi connectivity index (χ1v) is 8.39. The van der Waals surface area contributed by atoms with E-state index in [0.717, 1.165) is 55.5 Å². The van der Waals surface area contributed by atoms with E-state index >= 15 is 0 Å². The number of fused-ring (bicyclic) bond motifs is 1. The number of carbonyl (C=O) groups is 1. The molecule has 1 saturated heterocycles. The SMILES string of the molecule is Cl.O=C(CCCc1ccc2[nH]c(=O)[nH]c2c1)NCCC1CCNC1. The van der Waals surface area contributed by atoms with Gasteiger partial charge in [0.25, 0.3) is 0 Å². The summed E-state index contributed by atoms with van der Waals surface area (Å²) in [4.78, 5) is 28.6. The van der Waals surface area contributed by atoms with Crippen molar-refractivity contribution in [3.05, 3.63) is 34.2 Å². The van der Waals surface area contributed by atoms with E-state index in [1.54, 1.807) is 0 Å². The lowest BCUT2D eigenvalue weighted by Crippen LogP contribution is -2.26. The van der Waals surface area contributed by atoms with E-state index in [4.69, 9.17) is 0 Å². The Morgan fingerprint density at radius 1 is 1.25 bits per heavy atom. The molecule has 7 heteroatoms. The summed E-state index contributed by atoms with van der Waals surface area (Å²) in [6.07, 6.45) is 4.49. The van der Waals surface area contributed by atoms with Gasteiger partial charge in [0, 0.05) is 13.0 Å². The first kappa shape index (κ1) is 18.5. The molecule has 1 unspecified atom stereocenters. The molecule has 0 spiro atoms. The van der Waals surface area contributed by atoms with Gasteiger partial charge in [-0.15, -0.1) is 12.4 Å². The van der Waals surface area contributed by atoms with Gasteiger partial charge in [0.2, 0.25) is 5.91 Å². The van der Waals surface area contributed by atoms with Crippen LogP contribution in [0.5, 0.6) is 0 Å². The lowest BCUT2D eigenvalue weighted by atomic mass is 10.1. The molecule has 0 aliphatic carbocycles. The average Bonchev–Trinajstić information content (AvgIpc) is 3.15. The minimum absolute atomic E-state index is 0. The third kappa shape index (κ3) is 5.11. The lowest BCUT2D eigenvalue weighted by molar-refractivity contribution is -0.121. The Hall–Kier alpha value is -1.79. The third-order valence-electron chi connectivity index (χ3n) is 4.49. The fourth-order valence-electron chi connectivity index (χ4n) is 3.15. The van der Waals surface area contributed by atoms with Crippen molar-refractivity contribution in [2.45, 2.75) is 32.1 Å². The van der Waals surface area contributed by atoms with Gasteiger partial charge in [0.15, 0.2) is 0 Å². The molecule has 2 aromatic rings. The van der Waals surface area contributed by atoms with Crippen LogP contribution in [0.25, 0.3) is 11.0 Å². The number of amides is 1. The van der Waals surface area contributed by atoms with Gasteiger partial charge in [-0.3, -0.25) is 4.79 Å². The Labute approximate surface area is 147 Å². The number of imidazole rings is 1. The third-order valence-corrected chi connectivity index (χ3v) is 4.49. The number of benzene rings is 1. The molecule has 1 aliphatic rings. The van der Waals surface area contributed by atoms with E-state index in [1.807, 2.05) is 18.2 Å². The standard InChI is InChI=1S/C17H24N4O2.ClH/c22-16(19-9-7-13-6-8-18-11-13)3-1-2-12-4-5-14-15(10-12)21-17(23)20-14;/h4-5,10,13,18H,1-3,6-9,11H2,(H,19,22)(H2,20,21,23);1H. The van der Waals surface area contributed by atoms with Crippen LogP contribution in [0, 0.1) is 5.92 Å². The molecule has 0 saturated carbocycles. The summed E-state index contributed by atoms with van der Waals surface area (Å²) >= 11 is 0. The van der Waals surface area contributed by atoms with Crippen LogP contribution in [-0.2, 0) is 11.2 Å². The second-order valence-electron chi connectivity index (χ2n) is 6.31. The van der Waals surface area contributed by atoms with Gasteiger partial charge in [0.05, 0.1) is 11.0 Å². The molecule has 0 bridgehead atoms. The topological polar surface area (TPSA) is 89.8 Å². The summed E-state index contributed by atoms with van der Waals surface area (Å²) in [5.74, 6) is 0.845. The van der Waals surface area contributed by atoms with Crippen LogP contribution in [-0.4, -0.2) is 35.5 Å². The zero-order valence-corrected chi connectivity index (χ0v) is 14.5. The minimum atomic E-state index is -0.186. The predicted octanol–water partition coefficient (Wildman–Crippen LogP) is 1.72. The Kier molecular flexibility index (Phi) is 6.87. The Morgan fingerprint density at radius 2 is 2.08 bits per heavy atom. The van der Waals surface area contributed by atoms with Crippen molar-refractivity contribution in [2.75, 3.05) is 19.6 Å². The van der Waals surface area contributed by atoms with Crippen molar-refractivity contribution < 1.29 is 4.79 Å². The molecule has 1 aromatic heterocycles. The predicted molar refractivity (Wildman–Crippen MR) is 97.7 cm³/mol. The number of carbonyl (C=O) groups excluding carboxylic acids is 1. The maximum atomic E-state index is 11.8. The molecule has 1 aromatic carbocycles. The average molecular weight is 353 g/mol. The lowest BCUT2D eigenvalue weighted by Gasteiger charge is -2.09. The summed E-state index contributed by atoms with van der Waals surface area (Å²) in [6, 6.07) is 5.87. The molecular formula is C17H25ClN4O2. The number of rotatable bonds is 7. The summed E-state index contributed by atoms with van der Waals surface area (Å²) < 4.78 is 0. The zero-order chi connectivity index (χ0) is 16.1. The van der Waals surface area contributed by atoms with Crippen molar-refractivity contribution in [3.8, 4) is 0 Å². The van der Waals surface area contributed by atoms with E-state index < -0.39 is 0 Å². The number of hydrogen-bond donors (Lipinski definition) is 4. The Balaban J connectivity index is 0.00000208. The van der Waals surface area contributed by atoms with Crippen LogP contribution >= 0.6 is 12.4 Å². The molecule has 1 aliphatic heterocycles. The van der Waals surface area contributed by atoms with E-state index in [9.17, 15) is 9.59 Å². The quantitative estimate of drug-likeness (QED) is 0.611. The highest BCUT2D eigenvalue weighted by Gasteiger charge is 2.13. The number of aryl methyl sites for hydroxylation is 1. The van der Waals surface area contributed by atoms with Gasteiger partial charge >= 0.3 is 5.69 Å². The summed E-state index contributed by atoms with van der Waals surface area (Å²) in [6.45, 7) is 2.97. The fourth-order valence-corrected chi connectivity index (χ4v) is 3.15. The second kappa shape index (κ2) is 8.89. The molecule has 1 atom stereocenters. The summed E-state index contributed by atoms with van der Waals surface area (Å²) in [5, 5.41) is 6.35. The van der Waals surface area contributed by atoms with Crippen LogP contribution in [0.2, 0.25) is 0 Å². The molecule has 1 amide bonds. The smallest absolute Gasteiger partial charge is 0.323 e. The normalized spacial score (nSPS) is 16.9. The minimum Gasteiger partial charge on any atom is -0.356 e. The second-order valence-corrected chi connectivity index (χ2v) is 6.31. The monoisotopic (exact) mass is 352 g/mol. The number of aromatic nitrogens is 2. The van der Waals surface area contributed by atoms with Crippen molar-refractivity contribution in [1.29, 1.82) is 0 Å². The van der Waals surface area contributed by atoms with E-state index in [2.05, 4.69) is 20.6 Å². The molecule has 0 radical (unpaired) electrons. The molecule has 132 valence electrons. The number of aromatic amines is 2. The first-order chi connectivity index (χ1) is 11.2. The summed E-state index contributed by atoms with van der Waals surface area (Å²) in [5.41, 5.74) is 2.59. The maximum Gasteiger partial charge on any atom is 0.323 e. The van der Waals surface area contributed by atoms with Crippen molar-refractivity contribution in [2.24, 2.45) is 5.92 Å². The van der Waals surface area contributed by atoms with Gasteiger partial charge in [-0.25, -0.2) is 4.79 Å². The number of nitrogens with one attached hydrogen (secondary N) is 4. The van der Waals surface area contributed by atoms with Gasteiger partial charge in [-0.2, -0.15) is 0 Å². The highest BCUT2D eigenvalue weighted by atomic mass is 35.5. The maximum absolute atomic E-state index is 11.8. The van der Waals surface area contributed by atoms with Crippen molar-refractivity contribution in [1.82, 2.24) is 20.6 Å². The Bertz CT molecular complexity index is 719. The van der Waals surface area contributed by atoms with Crippen LogP contribution in [0.15, 0.2) is 23.0 Å². The van der Waals surface area contributed by atoms with Gasteiger partial charge in [-0.05, 0) is 62.4 Å². The molecule has 24 heavy (non-hydrogen) atoms. The molecular weight excluding hydrogens is 328 g/mol. The zero-order valence-electron chi connectivity index (χ0n) is 13.7. The molecule has 4 N–H and O–H groups in total. The molecule has 2 heterocycles. The summed E-state index contributed by atoms with van der Waals surface area (Å²) in [7, 11) is 0. The number of hydrogen-bond acceptors (Lipinski definition) is 3.